The van der Waals surface area contributed by atoms with E-state index in [2.05, 4.69) is 256 Å². The molecule has 0 amide bonds. The Balaban J connectivity index is 0.000000141. The molecule has 584 valence electrons. The lowest BCUT2D eigenvalue weighted by Crippen LogP contribution is -2.63. The van der Waals surface area contributed by atoms with Gasteiger partial charge < -0.3 is 65.7 Å². The molecule has 4 saturated heterocycles. The summed E-state index contributed by atoms with van der Waals surface area (Å²) >= 11 is 0. The molecule has 14 nitrogen and oxygen atoms in total. The lowest BCUT2D eigenvalue weighted by atomic mass is 9.59. The van der Waals surface area contributed by atoms with Crippen molar-refractivity contribution in [1.82, 2.24) is 0 Å². The summed E-state index contributed by atoms with van der Waals surface area (Å²) in [5.41, 5.74) is 22.9. The van der Waals surface area contributed by atoms with E-state index in [1.807, 2.05) is 48.5 Å². The summed E-state index contributed by atoms with van der Waals surface area (Å²) in [6, 6.07) is 0. The predicted octanol–water partition coefficient (Wildman–Crippen LogP) is 24.0. The van der Waals surface area contributed by atoms with Gasteiger partial charge in [0, 0.05) is 55.4 Å². The molecule has 6 aromatic rings. The van der Waals surface area contributed by atoms with Crippen LogP contribution in [-0.2, 0) is 48.7 Å². The van der Waals surface area contributed by atoms with Gasteiger partial charge in [-0.25, -0.2) is 0 Å². The molecule has 8 aliphatic heterocycles. The first-order valence-electron chi connectivity index (χ1n) is 38.7. The lowest BCUT2D eigenvalue weighted by molar-refractivity contribution is -0.382. The van der Waals surface area contributed by atoms with Gasteiger partial charge in [0.2, 0.25) is 0 Å². The van der Waals surface area contributed by atoms with Crippen molar-refractivity contribution in [1.29, 1.82) is 0 Å². The maximum absolute atomic E-state index is 6.84. The van der Waals surface area contributed by atoms with Gasteiger partial charge in [0.1, 0.15) is 45.7 Å². The molecular weight excluding hydrogens is 1330 g/mol. The maximum atomic E-state index is 6.84. The minimum atomic E-state index is -1.21. The van der Waals surface area contributed by atoms with E-state index in [4.69, 9.17) is 65.7 Å². The van der Waals surface area contributed by atoms with Crippen LogP contribution in [0.15, 0.2) is 20.0 Å². The largest absolute Gasteiger partial charge is 0.461 e. The molecule has 0 aliphatic carbocycles. The van der Waals surface area contributed by atoms with Gasteiger partial charge in [-0.15, -0.1) is 0 Å². The van der Waals surface area contributed by atoms with E-state index in [0.717, 1.165) is 101 Å². The predicted molar refractivity (Wildman–Crippen MR) is 426 cm³/mol. The molecule has 4 fully saturated rings. The second-order valence-corrected chi connectivity index (χ2v) is 38.8. The molecule has 10 heterocycles. The van der Waals surface area contributed by atoms with Crippen LogP contribution >= 0.6 is 0 Å². The van der Waals surface area contributed by atoms with Crippen LogP contribution in [0, 0.1) is 122 Å². The van der Waals surface area contributed by atoms with E-state index in [1.165, 1.54) is 77.9 Å². The molecule has 0 N–H and O–H groups in total. The summed E-state index contributed by atoms with van der Waals surface area (Å²) in [4.78, 5) is 0. The van der Waals surface area contributed by atoms with Crippen LogP contribution in [0.5, 0.6) is 23.0 Å². The summed E-state index contributed by atoms with van der Waals surface area (Å²) < 4.78 is 91.2. The van der Waals surface area contributed by atoms with Crippen molar-refractivity contribution < 1.29 is 65.7 Å². The molecule has 8 aliphatic rings. The van der Waals surface area contributed by atoms with Crippen molar-refractivity contribution in [2.75, 3.05) is 0 Å². The van der Waals surface area contributed by atoms with Crippen molar-refractivity contribution in [2.24, 2.45) is 10.8 Å². The third-order valence-corrected chi connectivity index (χ3v) is 30.1. The second kappa shape index (κ2) is 23.9. The number of rotatable bonds is 0. The first-order valence-corrected chi connectivity index (χ1v) is 38.7. The van der Waals surface area contributed by atoms with Crippen molar-refractivity contribution in [3.05, 3.63) is 123 Å². The average molecular weight is 1460 g/mol. The third-order valence-electron chi connectivity index (χ3n) is 30.1. The van der Waals surface area contributed by atoms with Crippen LogP contribution < -0.4 is 18.9 Å². The molecule has 14 rings (SSSR count). The number of allylic oxidation sites excluding steroid dienone is 2. The molecule has 4 spiro atoms. The molecule has 0 bridgehead atoms. The van der Waals surface area contributed by atoms with Gasteiger partial charge in [0.15, 0.2) is 0 Å². The quantitative estimate of drug-likeness (QED) is 0.143. The number of hydrogen-bond acceptors (Lipinski definition) is 14. The maximum Gasteiger partial charge on any atom is 0.353 e. The highest BCUT2D eigenvalue weighted by Gasteiger charge is 2.74. The minimum absolute atomic E-state index is 0.190. The molecular formula is C92H132O14. The molecule has 0 unspecified atom stereocenters. The van der Waals surface area contributed by atoms with Gasteiger partial charge in [0.05, 0.1) is 66.4 Å². The monoisotopic (exact) mass is 1460 g/mol. The van der Waals surface area contributed by atoms with Crippen LogP contribution in [0.3, 0.4) is 0 Å². The number of ether oxygens (including phenoxy) is 12. The highest BCUT2D eigenvalue weighted by molar-refractivity contribution is 5.98. The Bertz CT molecular complexity index is 4730. The van der Waals surface area contributed by atoms with E-state index in [-0.39, 0.29) is 10.8 Å². The van der Waals surface area contributed by atoms with Gasteiger partial charge >= 0.3 is 23.9 Å². The summed E-state index contributed by atoms with van der Waals surface area (Å²) in [7, 11) is 0. The standard InChI is InChI=1S/C25H36O4.C23H30O4.C23H36O3.C21H30O3/c1-13-14(2)19-17(15(3)16(4)26-19)20-18(13)21(5,6)22(7,8)25(27-20)28-23(9,10)24(11,12)29-25;1-11-12(2)19-18(14(4)16(6)24-19)20-17(11)13(3)15(5)23(25-20)26-21(7,8)22(9,10)27-23;1-13-14(2)16(4)18-17(15(13)3)19(5,6)20(7,8)23(24-18)25-21(9,10)22(11,12)26-23;1-11-12(2)14(4)18-17(13(11)3)15(5)16(6)21(22-18)23-19(7,8)20(9,10)24-21/h1-12H3;1-10H3;1-12H3;1-10H3. The van der Waals surface area contributed by atoms with Crippen molar-refractivity contribution in [3.63, 3.8) is 0 Å². The van der Waals surface area contributed by atoms with Crippen LogP contribution in [0.2, 0.25) is 0 Å². The second-order valence-electron chi connectivity index (χ2n) is 38.8. The Labute approximate surface area is 636 Å². The minimum Gasteiger partial charge on any atom is -0.461 e. The van der Waals surface area contributed by atoms with Crippen molar-refractivity contribution in [3.8, 4) is 23.0 Å². The smallest absolute Gasteiger partial charge is 0.353 e. The van der Waals surface area contributed by atoms with Crippen LogP contribution in [0.25, 0.3) is 33.1 Å². The fraction of sp³-hybridized carbons (Fsp3) is 0.652. The van der Waals surface area contributed by atoms with E-state index in [0.29, 0.717) is 0 Å². The third kappa shape index (κ3) is 10.7. The normalized spacial score (nSPS) is 24.4. The van der Waals surface area contributed by atoms with Crippen molar-refractivity contribution in [2.45, 2.75) is 384 Å². The summed E-state index contributed by atoms with van der Waals surface area (Å²) in [5.74, 6) is 0.656. The number of benzene rings is 4. The SMILES string of the molecule is CC1=C(C)C2(Oc3c(C)c(C)c(C)c(C)c31)OC(C)(C)C(C)(C)O2.CC1=C(C)C2(Oc3c1c(C)c(C)c1oc(C)c(C)c31)OC(C)(C)C(C)(C)O2.Cc1c(C)c(C)c2c(c1C)OC1(OC(C)(C)C(C)(C)O1)C(C)(C)C2(C)C.Cc1oc2c(C)c(C)c3c(c2c1C)OC1(OC(C)(C)C(C)(C)O1)C(C)(C)C3(C)C. The van der Waals surface area contributed by atoms with Gasteiger partial charge in [-0.05, 0) is 327 Å². The van der Waals surface area contributed by atoms with Gasteiger partial charge in [0.25, 0.3) is 0 Å². The molecule has 14 heteroatoms. The summed E-state index contributed by atoms with van der Waals surface area (Å²) in [5, 5.41) is 2.06. The Hall–Kier alpha value is -5.68. The van der Waals surface area contributed by atoms with Gasteiger partial charge in [-0.2, -0.15) is 0 Å². The van der Waals surface area contributed by atoms with Crippen LogP contribution in [-0.4, -0.2) is 68.7 Å². The first kappa shape index (κ1) is 81.3. The first-order chi connectivity index (χ1) is 47.7. The zero-order valence-electron chi connectivity index (χ0n) is 73.7. The molecule has 0 atom stereocenters. The number of aryl methyl sites for hydroxylation is 6. The fourth-order valence-corrected chi connectivity index (χ4v) is 17.0. The zero-order chi connectivity index (χ0) is 80.4. The molecule has 106 heavy (non-hydrogen) atoms. The van der Waals surface area contributed by atoms with Gasteiger partial charge in [-0.3, -0.25) is 0 Å². The van der Waals surface area contributed by atoms with E-state index in [1.54, 1.807) is 0 Å². The molecule has 2 aromatic heterocycles. The Morgan fingerprint density at radius 1 is 0.217 bits per heavy atom. The Morgan fingerprint density at radius 2 is 0.472 bits per heavy atom. The van der Waals surface area contributed by atoms with Crippen LogP contribution in [0.4, 0.5) is 0 Å². The molecule has 4 aromatic carbocycles. The Morgan fingerprint density at radius 3 is 0.840 bits per heavy atom. The zero-order valence-corrected chi connectivity index (χ0v) is 73.7. The number of hydrogen-bond donors (Lipinski definition) is 0. The fourth-order valence-electron chi connectivity index (χ4n) is 17.0. The molecule has 0 radical (unpaired) electrons. The summed E-state index contributed by atoms with van der Waals surface area (Å²) in [6.45, 7) is 93.5. The summed E-state index contributed by atoms with van der Waals surface area (Å²) in [6.07, 6.45) is 0. The highest BCUT2D eigenvalue weighted by atomic mass is 16.9. The highest BCUT2D eigenvalue weighted by Crippen LogP contribution is 2.67. The number of furan rings is 2. The van der Waals surface area contributed by atoms with E-state index < -0.39 is 79.5 Å². The topological polar surface area (TPSA) is 137 Å². The Kier molecular flexibility index (Phi) is 18.4. The lowest BCUT2D eigenvalue weighted by Gasteiger charge is -2.56. The number of fused-ring (bicyclic) bond motifs is 8. The van der Waals surface area contributed by atoms with Crippen LogP contribution in [0.1, 0.15) is 306 Å². The van der Waals surface area contributed by atoms with Gasteiger partial charge in [-0.1, -0.05) is 55.4 Å². The van der Waals surface area contributed by atoms with Crippen molar-refractivity contribution >= 4 is 33.1 Å². The van der Waals surface area contributed by atoms with E-state index >= 15 is 0 Å². The van der Waals surface area contributed by atoms with E-state index in [9.17, 15) is 0 Å². The average Bonchev–Trinajstić information content (AvgIpc) is 1.37. The molecule has 0 saturated carbocycles.